The van der Waals surface area contributed by atoms with E-state index < -0.39 is 15.5 Å². The second-order valence-electron chi connectivity index (χ2n) is 3.31. The van der Waals surface area contributed by atoms with Gasteiger partial charge in [-0.3, -0.25) is 4.31 Å². The molecule has 0 N–H and O–H groups in total. The minimum absolute atomic E-state index is 0.129. The van der Waals surface area contributed by atoms with Crippen LogP contribution in [0.15, 0.2) is 36.5 Å². The Hall–Kier alpha value is -1.02. The van der Waals surface area contributed by atoms with Gasteiger partial charge in [-0.05, 0) is 21.5 Å². The van der Waals surface area contributed by atoms with Crippen LogP contribution < -0.4 is 0 Å². The van der Waals surface area contributed by atoms with Gasteiger partial charge in [-0.25, -0.2) is 0 Å². The van der Waals surface area contributed by atoms with Gasteiger partial charge in [0.1, 0.15) is 0 Å². The predicted octanol–water partition coefficient (Wildman–Crippen LogP) is 3.16. The van der Waals surface area contributed by atoms with E-state index in [2.05, 4.69) is 15.9 Å². The quantitative estimate of drug-likeness (QED) is 0.845. The van der Waals surface area contributed by atoms with Crippen molar-refractivity contribution in [3.8, 4) is 0 Å². The summed E-state index contributed by atoms with van der Waals surface area (Å²) >= 11 is 3.03. The van der Waals surface area contributed by atoms with Gasteiger partial charge in [0, 0.05) is 17.7 Å². The summed E-state index contributed by atoms with van der Waals surface area (Å²) in [5.41, 5.74) is -4.75. The van der Waals surface area contributed by atoms with E-state index >= 15 is 0 Å². The van der Waals surface area contributed by atoms with Gasteiger partial charge in [0.05, 0.1) is 0 Å². The van der Waals surface area contributed by atoms with Crippen molar-refractivity contribution in [2.24, 2.45) is 0 Å². The van der Waals surface area contributed by atoms with Crippen molar-refractivity contribution in [3.63, 3.8) is 0 Å². The summed E-state index contributed by atoms with van der Waals surface area (Å²) in [6, 6.07) is 8.37. The van der Waals surface area contributed by atoms with Crippen LogP contribution in [0.25, 0.3) is 4.48 Å². The van der Waals surface area contributed by atoms with Crippen LogP contribution in [0.2, 0.25) is 0 Å². The molecule has 0 heterocycles. The lowest BCUT2D eigenvalue weighted by molar-refractivity contribution is -0.0472. The normalized spacial score (nSPS) is 13.5. The molecule has 3 nitrogen and oxygen atoms in total. The summed E-state index contributed by atoms with van der Waals surface area (Å²) in [5.74, 6) is 0. The molecule has 0 fully saturated rings. The van der Waals surface area contributed by atoms with Crippen LogP contribution in [-0.4, -0.2) is 25.3 Å². The maximum Gasteiger partial charge on any atom is 0.516 e. The maximum atomic E-state index is 12.3. The highest BCUT2D eigenvalue weighted by Crippen LogP contribution is 2.28. The van der Waals surface area contributed by atoms with Crippen LogP contribution in [0.4, 0.5) is 13.2 Å². The highest BCUT2D eigenvalue weighted by atomic mass is 79.9. The van der Waals surface area contributed by atoms with Crippen molar-refractivity contribution in [1.82, 2.24) is 4.31 Å². The minimum Gasteiger partial charge on any atom is -0.272 e. The monoisotopic (exact) mass is 343 g/mol. The average Bonchev–Trinajstić information content (AvgIpc) is 2.28. The minimum atomic E-state index is -5.35. The molecule has 1 aromatic rings. The Bertz CT molecular complexity index is 540. The van der Waals surface area contributed by atoms with Gasteiger partial charge in [0.25, 0.3) is 0 Å². The first-order valence-electron chi connectivity index (χ1n) is 4.63. The van der Waals surface area contributed by atoms with Gasteiger partial charge in [-0.1, -0.05) is 30.3 Å². The molecule has 0 aliphatic carbocycles. The smallest absolute Gasteiger partial charge is 0.272 e. The van der Waals surface area contributed by atoms with E-state index in [1.54, 1.807) is 30.3 Å². The molecular weight excluding hydrogens is 335 g/mol. The van der Waals surface area contributed by atoms with E-state index in [1.165, 1.54) is 0 Å². The molecule has 0 aliphatic heterocycles. The number of benzene rings is 1. The fourth-order valence-electron chi connectivity index (χ4n) is 1.06. The molecule has 1 rings (SSSR count). The Kier molecular flexibility index (Phi) is 4.44. The zero-order chi connectivity index (χ0) is 14.0. The molecular formula is C10H9BrF3NO2S. The fourth-order valence-corrected chi connectivity index (χ4v) is 2.34. The van der Waals surface area contributed by atoms with E-state index in [1.807, 2.05) is 0 Å². The van der Waals surface area contributed by atoms with Crippen LogP contribution in [0.5, 0.6) is 0 Å². The van der Waals surface area contributed by atoms with Crippen LogP contribution >= 0.6 is 15.9 Å². The lowest BCUT2D eigenvalue weighted by Gasteiger charge is -2.17. The summed E-state index contributed by atoms with van der Waals surface area (Å²) in [5, 5.41) is 0. The van der Waals surface area contributed by atoms with Gasteiger partial charge >= 0.3 is 15.5 Å². The van der Waals surface area contributed by atoms with E-state index in [-0.39, 0.29) is 8.79 Å². The molecule has 0 spiro atoms. The van der Waals surface area contributed by atoms with Gasteiger partial charge in [0.15, 0.2) is 0 Å². The van der Waals surface area contributed by atoms with E-state index in [9.17, 15) is 21.6 Å². The molecule has 8 heteroatoms. The molecule has 0 aliphatic rings. The first-order chi connectivity index (χ1) is 8.16. The third kappa shape index (κ3) is 3.26. The van der Waals surface area contributed by atoms with Gasteiger partial charge in [-0.2, -0.15) is 21.6 Å². The van der Waals surface area contributed by atoms with Crippen molar-refractivity contribution in [2.75, 3.05) is 7.05 Å². The van der Waals surface area contributed by atoms with Crippen molar-refractivity contribution < 1.29 is 21.6 Å². The second kappa shape index (κ2) is 5.31. The van der Waals surface area contributed by atoms with Crippen LogP contribution in [0, 0.1) is 0 Å². The maximum absolute atomic E-state index is 12.3. The standard InChI is InChI=1S/C10H9BrF3NO2S/c1-15(18(16,17)10(12,13)14)7-9(11)8-5-3-2-4-6-8/h2-7H,1H3. The Balaban J connectivity index is 3.05. The summed E-state index contributed by atoms with van der Waals surface area (Å²) in [6.07, 6.45) is 0.859. The molecule has 0 saturated carbocycles. The summed E-state index contributed by atoms with van der Waals surface area (Å²) in [7, 11) is -4.53. The summed E-state index contributed by atoms with van der Waals surface area (Å²) in [6.45, 7) is 0. The molecule has 18 heavy (non-hydrogen) atoms. The average molecular weight is 344 g/mol. The lowest BCUT2D eigenvalue weighted by Crippen LogP contribution is -2.34. The Morgan fingerprint density at radius 1 is 1.28 bits per heavy atom. The van der Waals surface area contributed by atoms with E-state index in [0.717, 1.165) is 13.2 Å². The first-order valence-corrected chi connectivity index (χ1v) is 6.86. The zero-order valence-electron chi connectivity index (χ0n) is 9.15. The van der Waals surface area contributed by atoms with Crippen LogP contribution in [-0.2, 0) is 10.0 Å². The SMILES string of the molecule is CN(C=C(Br)c1ccccc1)S(=O)(=O)C(F)(F)F. The molecule has 100 valence electrons. The number of sulfonamides is 1. The number of nitrogens with zero attached hydrogens (tertiary/aromatic N) is 1. The molecule has 0 amide bonds. The number of hydrogen-bond donors (Lipinski definition) is 0. The Morgan fingerprint density at radius 3 is 2.22 bits per heavy atom. The van der Waals surface area contributed by atoms with Crippen LogP contribution in [0.1, 0.15) is 5.56 Å². The second-order valence-corrected chi connectivity index (χ2v) is 6.15. The summed E-state index contributed by atoms with van der Waals surface area (Å²) < 4.78 is 59.3. The Morgan fingerprint density at radius 2 is 1.78 bits per heavy atom. The highest BCUT2D eigenvalue weighted by molar-refractivity contribution is 9.15. The van der Waals surface area contributed by atoms with Crippen molar-refractivity contribution in [1.29, 1.82) is 0 Å². The van der Waals surface area contributed by atoms with Crippen molar-refractivity contribution in [2.45, 2.75) is 5.51 Å². The number of rotatable bonds is 3. The van der Waals surface area contributed by atoms with E-state index in [0.29, 0.717) is 5.56 Å². The van der Waals surface area contributed by atoms with Crippen molar-refractivity contribution in [3.05, 3.63) is 42.1 Å². The first kappa shape index (κ1) is 15.0. The molecule has 0 atom stereocenters. The van der Waals surface area contributed by atoms with Crippen molar-refractivity contribution >= 4 is 30.4 Å². The largest absolute Gasteiger partial charge is 0.516 e. The molecule has 0 radical (unpaired) electrons. The number of alkyl halides is 3. The van der Waals surface area contributed by atoms with Gasteiger partial charge < -0.3 is 0 Å². The fraction of sp³-hybridized carbons (Fsp3) is 0.200. The molecule has 0 aromatic heterocycles. The van der Waals surface area contributed by atoms with Gasteiger partial charge in [0.2, 0.25) is 0 Å². The molecule has 1 aromatic carbocycles. The molecule has 0 unspecified atom stereocenters. The molecule has 0 saturated heterocycles. The Labute approximate surface area is 111 Å². The highest BCUT2D eigenvalue weighted by Gasteiger charge is 2.48. The third-order valence-corrected chi connectivity index (χ3v) is 4.13. The van der Waals surface area contributed by atoms with Gasteiger partial charge in [-0.15, -0.1) is 0 Å². The molecule has 0 bridgehead atoms. The lowest BCUT2D eigenvalue weighted by atomic mass is 10.2. The zero-order valence-corrected chi connectivity index (χ0v) is 11.6. The topological polar surface area (TPSA) is 37.4 Å². The third-order valence-electron chi connectivity index (χ3n) is 2.02. The van der Waals surface area contributed by atoms with E-state index in [4.69, 9.17) is 0 Å². The number of hydrogen-bond acceptors (Lipinski definition) is 2. The van der Waals surface area contributed by atoms with Crippen LogP contribution in [0.3, 0.4) is 0 Å². The predicted molar refractivity (Wildman–Crippen MR) is 66.1 cm³/mol. The number of halogens is 4. The summed E-state index contributed by atoms with van der Waals surface area (Å²) in [4.78, 5) is 0.